The highest BCUT2D eigenvalue weighted by Gasteiger charge is 2.26. The van der Waals surface area contributed by atoms with Crippen LogP contribution in [0.5, 0.6) is 5.75 Å². The third kappa shape index (κ3) is 3.92. The maximum Gasteiger partial charge on any atom is 0.275 e. The molecule has 0 N–H and O–H groups in total. The van der Waals surface area contributed by atoms with E-state index in [2.05, 4.69) is 4.98 Å². The minimum absolute atomic E-state index is 0.0536. The zero-order chi connectivity index (χ0) is 16.2. The molecule has 2 heterocycles. The average molecular weight is 314 g/mol. The molecule has 1 aliphatic rings. The van der Waals surface area contributed by atoms with Crippen LogP contribution in [0, 0.1) is 19.8 Å². The highest BCUT2D eigenvalue weighted by Crippen LogP contribution is 2.21. The first-order valence-electron chi connectivity index (χ1n) is 8.02. The molecule has 3 rings (SSSR count). The minimum Gasteiger partial charge on any atom is -0.493 e. The summed E-state index contributed by atoms with van der Waals surface area (Å²) in [6.45, 7) is 5.90. The monoisotopic (exact) mass is 314 g/mol. The molecular weight excluding hydrogens is 292 g/mol. The van der Waals surface area contributed by atoms with Gasteiger partial charge in [-0.1, -0.05) is 12.1 Å². The Morgan fingerprint density at radius 1 is 1.43 bits per heavy atom. The Morgan fingerprint density at radius 3 is 3.04 bits per heavy atom. The number of carbonyl (C=O) groups excluding carboxylic acids is 1. The van der Waals surface area contributed by atoms with Crippen LogP contribution < -0.4 is 4.74 Å². The molecule has 0 aliphatic carbocycles. The summed E-state index contributed by atoms with van der Waals surface area (Å²) in [6, 6.07) is 8.04. The lowest BCUT2D eigenvalue weighted by atomic mass is 9.98. The molecule has 1 aromatic heterocycles. The Balaban J connectivity index is 1.56. The number of ether oxygens (including phenoxy) is 1. The zero-order valence-electron chi connectivity index (χ0n) is 13.6. The number of nitrogens with zero attached hydrogens (tertiary/aromatic N) is 2. The summed E-state index contributed by atoms with van der Waals surface area (Å²) in [5, 5.41) is 0. The molecule has 0 unspecified atom stereocenters. The van der Waals surface area contributed by atoms with Gasteiger partial charge in [-0.2, -0.15) is 0 Å². The number of piperidine rings is 1. The maximum atomic E-state index is 12.4. The topological polar surface area (TPSA) is 55.6 Å². The van der Waals surface area contributed by atoms with Crippen LogP contribution in [-0.2, 0) is 0 Å². The molecule has 1 amide bonds. The van der Waals surface area contributed by atoms with Crippen molar-refractivity contribution in [1.29, 1.82) is 0 Å². The summed E-state index contributed by atoms with van der Waals surface area (Å²) >= 11 is 0. The first kappa shape index (κ1) is 15.6. The van der Waals surface area contributed by atoms with E-state index in [1.165, 1.54) is 11.8 Å². The van der Waals surface area contributed by atoms with Gasteiger partial charge < -0.3 is 14.1 Å². The van der Waals surface area contributed by atoms with Gasteiger partial charge in [-0.25, -0.2) is 4.98 Å². The van der Waals surface area contributed by atoms with E-state index in [1.54, 1.807) is 6.92 Å². The van der Waals surface area contributed by atoms with Gasteiger partial charge in [0.05, 0.1) is 6.61 Å². The van der Waals surface area contributed by atoms with E-state index in [9.17, 15) is 4.79 Å². The van der Waals surface area contributed by atoms with E-state index in [-0.39, 0.29) is 5.91 Å². The number of likely N-dealkylation sites (tertiary alicyclic amines) is 1. The standard InChI is InChI=1S/C18H22N2O3/c1-13-5-3-7-16(9-13)23-11-15-6-4-8-20(10-15)18(21)17-12-22-14(2)19-17/h3,5,7,9,12,15H,4,6,8,10-11H2,1-2H3/t15-/m0/s1. The molecule has 0 spiro atoms. The maximum absolute atomic E-state index is 12.4. The van der Waals surface area contributed by atoms with E-state index in [4.69, 9.17) is 9.15 Å². The van der Waals surface area contributed by atoms with Crippen LogP contribution >= 0.6 is 0 Å². The fraction of sp³-hybridized carbons (Fsp3) is 0.444. The van der Waals surface area contributed by atoms with Gasteiger partial charge >= 0.3 is 0 Å². The van der Waals surface area contributed by atoms with E-state index >= 15 is 0 Å². The molecule has 0 bridgehead atoms. The lowest BCUT2D eigenvalue weighted by Gasteiger charge is -2.32. The highest BCUT2D eigenvalue weighted by molar-refractivity contribution is 5.92. The van der Waals surface area contributed by atoms with E-state index in [1.807, 2.05) is 36.1 Å². The number of benzene rings is 1. The molecule has 0 radical (unpaired) electrons. The van der Waals surface area contributed by atoms with Crippen LogP contribution in [-0.4, -0.2) is 35.5 Å². The summed E-state index contributed by atoms with van der Waals surface area (Å²) in [6.07, 6.45) is 3.50. The Labute approximate surface area is 136 Å². The smallest absolute Gasteiger partial charge is 0.275 e. The molecule has 1 atom stereocenters. The molecule has 2 aromatic rings. The second-order valence-corrected chi connectivity index (χ2v) is 6.14. The molecule has 5 heteroatoms. The van der Waals surface area contributed by atoms with Crippen molar-refractivity contribution in [3.63, 3.8) is 0 Å². The van der Waals surface area contributed by atoms with E-state index in [0.29, 0.717) is 30.7 Å². The van der Waals surface area contributed by atoms with Crippen molar-refractivity contribution in [2.75, 3.05) is 19.7 Å². The van der Waals surface area contributed by atoms with Crippen molar-refractivity contribution >= 4 is 5.91 Å². The molecule has 1 saturated heterocycles. The third-order valence-corrected chi connectivity index (χ3v) is 4.12. The van der Waals surface area contributed by atoms with Crippen molar-refractivity contribution in [3.05, 3.63) is 47.7 Å². The largest absolute Gasteiger partial charge is 0.493 e. The van der Waals surface area contributed by atoms with Crippen LogP contribution in [0.2, 0.25) is 0 Å². The van der Waals surface area contributed by atoms with Gasteiger partial charge in [0.25, 0.3) is 5.91 Å². The molecule has 1 aliphatic heterocycles. The quantitative estimate of drug-likeness (QED) is 0.869. The van der Waals surface area contributed by atoms with Crippen LogP contribution in [0.4, 0.5) is 0 Å². The SMILES string of the molecule is Cc1cccc(OC[C@H]2CCCN(C(=O)c3coc(C)n3)C2)c1. The Hall–Kier alpha value is -2.30. The van der Waals surface area contributed by atoms with Crippen molar-refractivity contribution < 1.29 is 13.9 Å². The fourth-order valence-electron chi connectivity index (χ4n) is 2.93. The number of oxazole rings is 1. The number of aromatic nitrogens is 1. The van der Waals surface area contributed by atoms with Gasteiger partial charge in [0.15, 0.2) is 11.6 Å². The second-order valence-electron chi connectivity index (χ2n) is 6.14. The minimum atomic E-state index is -0.0536. The van der Waals surface area contributed by atoms with Crippen LogP contribution in [0.15, 0.2) is 34.9 Å². The number of amides is 1. The van der Waals surface area contributed by atoms with E-state index in [0.717, 1.165) is 25.1 Å². The Kier molecular flexibility index (Phi) is 4.65. The van der Waals surface area contributed by atoms with Crippen LogP contribution in [0.25, 0.3) is 0 Å². The molecular formula is C18H22N2O3. The lowest BCUT2D eigenvalue weighted by Crippen LogP contribution is -2.41. The number of aryl methyl sites for hydroxylation is 2. The predicted molar refractivity (Wildman–Crippen MR) is 86.5 cm³/mol. The molecule has 23 heavy (non-hydrogen) atoms. The summed E-state index contributed by atoms with van der Waals surface area (Å²) in [4.78, 5) is 18.4. The summed E-state index contributed by atoms with van der Waals surface area (Å²) in [5.74, 6) is 1.70. The van der Waals surface area contributed by atoms with Gasteiger partial charge in [0.2, 0.25) is 0 Å². The van der Waals surface area contributed by atoms with Crippen molar-refractivity contribution in [1.82, 2.24) is 9.88 Å². The fourth-order valence-corrected chi connectivity index (χ4v) is 2.93. The Morgan fingerprint density at radius 2 is 2.30 bits per heavy atom. The zero-order valence-corrected chi connectivity index (χ0v) is 13.6. The van der Waals surface area contributed by atoms with Gasteiger partial charge in [-0.05, 0) is 37.5 Å². The van der Waals surface area contributed by atoms with Crippen LogP contribution in [0.3, 0.4) is 0 Å². The van der Waals surface area contributed by atoms with E-state index < -0.39 is 0 Å². The lowest BCUT2D eigenvalue weighted by molar-refractivity contribution is 0.0627. The van der Waals surface area contributed by atoms with Gasteiger partial charge in [0.1, 0.15) is 12.0 Å². The predicted octanol–water partition coefficient (Wildman–Crippen LogP) is 3.22. The van der Waals surface area contributed by atoms with Crippen LogP contribution in [0.1, 0.15) is 34.8 Å². The highest BCUT2D eigenvalue weighted by atomic mass is 16.5. The molecule has 5 nitrogen and oxygen atoms in total. The third-order valence-electron chi connectivity index (χ3n) is 4.12. The number of hydrogen-bond acceptors (Lipinski definition) is 4. The van der Waals surface area contributed by atoms with Gasteiger partial charge in [-0.3, -0.25) is 4.79 Å². The molecule has 122 valence electrons. The first-order valence-corrected chi connectivity index (χ1v) is 8.02. The number of rotatable bonds is 4. The normalized spacial score (nSPS) is 18.0. The first-order chi connectivity index (χ1) is 11.1. The van der Waals surface area contributed by atoms with Crippen molar-refractivity contribution in [2.45, 2.75) is 26.7 Å². The summed E-state index contributed by atoms with van der Waals surface area (Å²) in [5.41, 5.74) is 1.58. The van der Waals surface area contributed by atoms with Gasteiger partial charge in [0, 0.05) is 25.9 Å². The second kappa shape index (κ2) is 6.86. The number of hydrogen-bond donors (Lipinski definition) is 0. The van der Waals surface area contributed by atoms with Crippen molar-refractivity contribution in [3.8, 4) is 5.75 Å². The average Bonchev–Trinajstić information content (AvgIpc) is 2.99. The summed E-state index contributed by atoms with van der Waals surface area (Å²) in [7, 11) is 0. The Bertz CT molecular complexity index is 680. The van der Waals surface area contributed by atoms with Crippen molar-refractivity contribution in [2.24, 2.45) is 5.92 Å². The van der Waals surface area contributed by atoms with Gasteiger partial charge in [-0.15, -0.1) is 0 Å². The summed E-state index contributed by atoms with van der Waals surface area (Å²) < 4.78 is 11.0. The number of carbonyl (C=O) groups is 1. The molecule has 0 saturated carbocycles. The molecule has 1 fully saturated rings. The molecule has 1 aromatic carbocycles.